The van der Waals surface area contributed by atoms with Gasteiger partial charge in [0.15, 0.2) is 5.52 Å². The Balaban J connectivity index is 4.81. The summed E-state index contributed by atoms with van der Waals surface area (Å²) in [5, 5.41) is 3.25. The first-order valence-electron chi connectivity index (χ1n) is 5.08. The third-order valence-electron chi connectivity index (χ3n) is 2.06. The van der Waals surface area contributed by atoms with Crippen molar-refractivity contribution in [2.75, 3.05) is 0 Å². The van der Waals surface area contributed by atoms with Gasteiger partial charge < -0.3 is 5.32 Å². The first-order valence-corrected chi connectivity index (χ1v) is 6.08. The fourth-order valence-electron chi connectivity index (χ4n) is 0.983. The van der Waals surface area contributed by atoms with Gasteiger partial charge in [-0.3, -0.25) is 4.79 Å². The van der Waals surface area contributed by atoms with Crippen LogP contribution >= 0.6 is 8.58 Å². The number of hydrogen-bond donors (Lipinski definition) is 1. The van der Waals surface area contributed by atoms with Gasteiger partial charge in [0.1, 0.15) is 0 Å². The van der Waals surface area contributed by atoms with Gasteiger partial charge in [-0.25, -0.2) is 0 Å². The summed E-state index contributed by atoms with van der Waals surface area (Å²) in [6.45, 7) is 11.4. The van der Waals surface area contributed by atoms with Crippen LogP contribution in [-0.2, 0) is 4.79 Å². The lowest BCUT2D eigenvalue weighted by atomic mass is 10.2. The van der Waals surface area contributed by atoms with Gasteiger partial charge in [-0.2, -0.15) is 0 Å². The number of rotatable bonds is 6. The summed E-state index contributed by atoms with van der Waals surface area (Å²) in [5.74, 6) is 0. The summed E-state index contributed by atoms with van der Waals surface area (Å²) >= 11 is 0. The van der Waals surface area contributed by atoms with Crippen molar-refractivity contribution in [1.82, 2.24) is 5.32 Å². The lowest BCUT2D eigenvalue weighted by molar-refractivity contribution is -0.109. The lowest BCUT2D eigenvalue weighted by Crippen LogP contribution is -2.10. The minimum atomic E-state index is 0.199. The molecule has 0 aliphatic heterocycles. The van der Waals surface area contributed by atoms with E-state index in [4.69, 9.17) is 0 Å². The Kier molecular flexibility index (Phi) is 6.98. The minimum Gasteiger partial charge on any atom is -0.355 e. The highest BCUT2D eigenvalue weighted by molar-refractivity contribution is 7.61. The first-order chi connectivity index (χ1) is 7.04. The molecule has 0 aliphatic rings. The molecule has 0 radical (unpaired) electrons. The lowest BCUT2D eigenvalue weighted by Gasteiger charge is -2.13. The molecule has 0 aromatic carbocycles. The maximum absolute atomic E-state index is 11.1. The number of nitrogens with one attached hydrogen (secondary N) is 1. The molecule has 0 saturated carbocycles. The van der Waals surface area contributed by atoms with E-state index in [1.165, 1.54) is 5.57 Å². The Bertz CT molecular complexity index is 303. The Morgan fingerprint density at radius 2 is 2.07 bits per heavy atom. The zero-order chi connectivity index (χ0) is 11.8. The van der Waals surface area contributed by atoms with Crippen molar-refractivity contribution in [2.45, 2.75) is 34.1 Å². The number of carbonyl (C=O) groups excluding carboxylic acids is 1. The van der Waals surface area contributed by atoms with Crippen molar-refractivity contribution >= 4 is 14.1 Å². The van der Waals surface area contributed by atoms with E-state index in [1.54, 1.807) is 13.0 Å². The van der Waals surface area contributed by atoms with Crippen LogP contribution in [0.25, 0.3) is 0 Å². The van der Waals surface area contributed by atoms with Crippen LogP contribution in [0.15, 0.2) is 35.4 Å². The smallest absolute Gasteiger partial charge is 0.154 e. The third-order valence-corrected chi connectivity index (χ3v) is 3.21. The van der Waals surface area contributed by atoms with E-state index in [2.05, 4.69) is 25.7 Å². The van der Waals surface area contributed by atoms with Gasteiger partial charge in [0, 0.05) is 11.1 Å². The number of hydrogen-bond acceptors (Lipinski definition) is 2. The minimum absolute atomic E-state index is 0.199. The standard InChI is InChI=1S/C12H20NOP/c1-6-9(4)12(15-10(5)14)13-11(7-2)8-3/h7-8,13,15H,2,6H2,1,3-5H3/b11-8-,12-9-. The summed E-state index contributed by atoms with van der Waals surface area (Å²) in [6, 6.07) is 0. The summed E-state index contributed by atoms with van der Waals surface area (Å²) < 4.78 is 0. The molecule has 0 aromatic heterocycles. The van der Waals surface area contributed by atoms with Crippen molar-refractivity contribution in [3.63, 3.8) is 0 Å². The molecule has 0 rings (SSSR count). The Labute approximate surface area is 94.3 Å². The summed E-state index contributed by atoms with van der Waals surface area (Å²) in [6.07, 6.45) is 4.66. The molecule has 0 heterocycles. The highest BCUT2D eigenvalue weighted by Gasteiger charge is 2.05. The number of allylic oxidation sites excluding steroid dienone is 3. The second-order valence-corrected chi connectivity index (χ2v) is 4.72. The Morgan fingerprint density at radius 3 is 2.40 bits per heavy atom. The second kappa shape index (κ2) is 7.42. The molecule has 84 valence electrons. The maximum atomic E-state index is 11.1. The maximum Gasteiger partial charge on any atom is 0.154 e. The van der Waals surface area contributed by atoms with Crippen LogP contribution in [-0.4, -0.2) is 5.52 Å². The van der Waals surface area contributed by atoms with Crippen LogP contribution in [0.2, 0.25) is 0 Å². The predicted octanol–water partition coefficient (Wildman–Crippen LogP) is 3.53. The molecule has 0 saturated heterocycles. The molecule has 2 nitrogen and oxygen atoms in total. The highest BCUT2D eigenvalue weighted by atomic mass is 31.1. The van der Waals surface area contributed by atoms with Gasteiger partial charge in [0.2, 0.25) is 0 Å². The van der Waals surface area contributed by atoms with Gasteiger partial charge in [0.25, 0.3) is 0 Å². The fourth-order valence-corrected chi connectivity index (χ4v) is 1.93. The average molecular weight is 225 g/mol. The zero-order valence-electron chi connectivity index (χ0n) is 9.98. The van der Waals surface area contributed by atoms with E-state index in [0.717, 1.165) is 17.6 Å². The molecule has 0 fully saturated rings. The molecule has 15 heavy (non-hydrogen) atoms. The van der Waals surface area contributed by atoms with Crippen LogP contribution in [0.3, 0.4) is 0 Å². The van der Waals surface area contributed by atoms with Gasteiger partial charge >= 0.3 is 0 Å². The molecule has 0 bridgehead atoms. The van der Waals surface area contributed by atoms with E-state index in [-0.39, 0.29) is 14.1 Å². The molecule has 0 aliphatic carbocycles. The summed E-state index contributed by atoms with van der Waals surface area (Å²) in [4.78, 5) is 11.1. The van der Waals surface area contributed by atoms with E-state index in [1.807, 2.05) is 13.0 Å². The Hall–Kier alpha value is -0.880. The van der Waals surface area contributed by atoms with E-state index in [0.29, 0.717) is 0 Å². The van der Waals surface area contributed by atoms with Crippen LogP contribution < -0.4 is 5.32 Å². The van der Waals surface area contributed by atoms with Crippen molar-refractivity contribution in [3.8, 4) is 0 Å². The molecular weight excluding hydrogens is 205 g/mol. The quantitative estimate of drug-likeness (QED) is 0.553. The van der Waals surface area contributed by atoms with E-state index >= 15 is 0 Å². The zero-order valence-corrected chi connectivity index (χ0v) is 11.0. The fraction of sp³-hybridized carbons (Fsp3) is 0.417. The summed E-state index contributed by atoms with van der Waals surface area (Å²) in [7, 11) is 0.207. The SMILES string of the molecule is C=C/C(=C/C)N/C(PC(C)=O)=C(\C)CC. The molecule has 1 unspecified atom stereocenters. The molecule has 0 spiro atoms. The van der Waals surface area contributed by atoms with Gasteiger partial charge in [-0.05, 0) is 47.4 Å². The van der Waals surface area contributed by atoms with Crippen molar-refractivity contribution in [2.24, 2.45) is 0 Å². The first kappa shape index (κ1) is 14.1. The van der Waals surface area contributed by atoms with Gasteiger partial charge in [0.05, 0.1) is 0 Å². The van der Waals surface area contributed by atoms with Crippen LogP contribution in [0, 0.1) is 0 Å². The van der Waals surface area contributed by atoms with Crippen molar-refractivity contribution in [3.05, 3.63) is 35.4 Å². The van der Waals surface area contributed by atoms with E-state index < -0.39 is 0 Å². The normalized spacial score (nSPS) is 14.0. The van der Waals surface area contributed by atoms with Crippen LogP contribution in [0.5, 0.6) is 0 Å². The van der Waals surface area contributed by atoms with Crippen molar-refractivity contribution < 1.29 is 4.79 Å². The third kappa shape index (κ3) is 5.54. The Morgan fingerprint density at radius 1 is 1.47 bits per heavy atom. The van der Waals surface area contributed by atoms with Crippen LogP contribution in [0.1, 0.15) is 34.1 Å². The van der Waals surface area contributed by atoms with Gasteiger partial charge in [-0.15, -0.1) is 0 Å². The molecule has 1 atom stereocenters. The largest absolute Gasteiger partial charge is 0.355 e. The second-order valence-electron chi connectivity index (χ2n) is 3.26. The topological polar surface area (TPSA) is 29.1 Å². The molecular formula is C12H20NOP. The molecule has 0 amide bonds. The molecule has 1 N–H and O–H groups in total. The summed E-state index contributed by atoms with van der Waals surface area (Å²) in [5.41, 5.74) is 3.40. The average Bonchev–Trinajstić information content (AvgIpc) is 2.22. The molecule has 3 heteroatoms. The van der Waals surface area contributed by atoms with Gasteiger partial charge in [-0.1, -0.05) is 19.6 Å². The van der Waals surface area contributed by atoms with Crippen LogP contribution in [0.4, 0.5) is 0 Å². The number of carbonyl (C=O) groups is 1. The predicted molar refractivity (Wildman–Crippen MR) is 69.1 cm³/mol. The van der Waals surface area contributed by atoms with E-state index in [9.17, 15) is 4.79 Å². The molecule has 0 aromatic rings. The van der Waals surface area contributed by atoms with Crippen molar-refractivity contribution in [1.29, 1.82) is 0 Å². The monoisotopic (exact) mass is 225 g/mol. The highest BCUT2D eigenvalue weighted by Crippen LogP contribution is 2.27.